The van der Waals surface area contributed by atoms with Gasteiger partial charge in [-0.3, -0.25) is 9.78 Å². The van der Waals surface area contributed by atoms with Crippen LogP contribution in [0.1, 0.15) is 40.4 Å². The van der Waals surface area contributed by atoms with Gasteiger partial charge in [0.15, 0.2) is 0 Å². The second kappa shape index (κ2) is 8.06. The van der Waals surface area contributed by atoms with E-state index in [1.54, 1.807) is 19.4 Å². The van der Waals surface area contributed by atoms with Crippen molar-refractivity contribution in [2.24, 2.45) is 7.05 Å². The molecule has 1 amide bonds. The Hall–Kier alpha value is -3.55. The summed E-state index contributed by atoms with van der Waals surface area (Å²) in [5, 5.41) is 15.4. The van der Waals surface area contributed by atoms with Gasteiger partial charge in [0.1, 0.15) is 0 Å². The number of amides is 1. The van der Waals surface area contributed by atoms with Crippen molar-refractivity contribution in [3.63, 3.8) is 0 Å². The fourth-order valence-corrected chi connectivity index (χ4v) is 3.58. The molecular formula is C22H25N7O. The highest BCUT2D eigenvalue weighted by Gasteiger charge is 2.21. The van der Waals surface area contributed by atoms with Gasteiger partial charge < -0.3 is 10.2 Å². The quantitative estimate of drug-likeness (QED) is 0.720. The summed E-state index contributed by atoms with van der Waals surface area (Å²) in [5.74, 6) is 0.498. The number of nitrogens with zero attached hydrogens (tertiary/aromatic N) is 6. The van der Waals surface area contributed by atoms with E-state index in [0.29, 0.717) is 11.5 Å². The first-order chi connectivity index (χ1) is 14.4. The third-order valence-electron chi connectivity index (χ3n) is 5.60. The fourth-order valence-electron chi connectivity index (χ4n) is 3.58. The van der Waals surface area contributed by atoms with Crippen molar-refractivity contribution < 1.29 is 4.79 Å². The molecular weight excluding hydrogens is 378 g/mol. The highest BCUT2D eigenvalue weighted by molar-refractivity contribution is 6.05. The fraction of sp³-hybridized carbons (Fsp3) is 0.318. The van der Waals surface area contributed by atoms with E-state index in [1.807, 2.05) is 38.1 Å². The van der Waals surface area contributed by atoms with Gasteiger partial charge in [0.25, 0.3) is 11.9 Å². The molecule has 0 spiro atoms. The second-order valence-electron chi connectivity index (χ2n) is 7.67. The van der Waals surface area contributed by atoms with Gasteiger partial charge in [-0.15, -0.1) is 5.10 Å². The lowest BCUT2D eigenvalue weighted by molar-refractivity contribution is 0.102. The predicted octanol–water partition coefficient (Wildman–Crippen LogP) is 3.16. The Bertz CT molecular complexity index is 1110. The number of rotatable bonds is 4. The summed E-state index contributed by atoms with van der Waals surface area (Å²) in [6.45, 7) is 7.66. The zero-order valence-corrected chi connectivity index (χ0v) is 17.7. The molecule has 0 aliphatic carbocycles. The van der Waals surface area contributed by atoms with Gasteiger partial charge >= 0.3 is 0 Å². The van der Waals surface area contributed by atoms with Crippen molar-refractivity contribution in [2.75, 3.05) is 23.3 Å². The number of anilines is 2. The molecule has 0 saturated heterocycles. The number of carbonyl (C=O) groups excluding carboxylic acids is 1. The monoisotopic (exact) mass is 403 g/mol. The summed E-state index contributed by atoms with van der Waals surface area (Å²) in [4.78, 5) is 20.4. The molecule has 0 radical (unpaired) electrons. The van der Waals surface area contributed by atoms with E-state index in [1.165, 1.54) is 15.9 Å². The lowest BCUT2D eigenvalue weighted by Gasteiger charge is -2.29. The molecule has 3 heterocycles. The maximum Gasteiger partial charge on any atom is 0.266 e. The summed E-state index contributed by atoms with van der Waals surface area (Å²) in [6, 6.07) is 7.96. The van der Waals surface area contributed by atoms with E-state index in [2.05, 4.69) is 37.5 Å². The number of aromatic nitrogens is 5. The van der Waals surface area contributed by atoms with Crippen LogP contribution in [0.4, 0.5) is 11.6 Å². The first kappa shape index (κ1) is 19.8. The van der Waals surface area contributed by atoms with E-state index in [4.69, 9.17) is 0 Å². The lowest BCUT2D eigenvalue weighted by atomic mass is 9.95. The van der Waals surface area contributed by atoms with E-state index < -0.39 is 0 Å². The predicted molar refractivity (Wildman–Crippen MR) is 116 cm³/mol. The largest absolute Gasteiger partial charge is 0.334 e. The van der Waals surface area contributed by atoms with Crippen molar-refractivity contribution in [1.82, 2.24) is 25.2 Å². The van der Waals surface area contributed by atoms with Crippen molar-refractivity contribution in [2.45, 2.75) is 27.2 Å². The summed E-state index contributed by atoms with van der Waals surface area (Å²) in [5.41, 5.74) is 7.04. The number of hydrogen-bond acceptors (Lipinski definition) is 6. The molecule has 8 nitrogen and oxygen atoms in total. The van der Waals surface area contributed by atoms with Crippen LogP contribution in [-0.2, 0) is 7.05 Å². The van der Waals surface area contributed by atoms with Crippen molar-refractivity contribution in [3.8, 4) is 0 Å². The Morgan fingerprint density at radius 1 is 1.10 bits per heavy atom. The third-order valence-corrected chi connectivity index (χ3v) is 5.60. The Labute approximate surface area is 175 Å². The SMILES string of the molecule is CC1=C(c2ccc(NC(=O)c3cncc(C)c3C)cc2)CN(c2nnn(C)n2)CC1. The van der Waals surface area contributed by atoms with Crippen LogP contribution in [0.3, 0.4) is 0 Å². The molecule has 1 aromatic carbocycles. The number of pyridine rings is 1. The van der Waals surface area contributed by atoms with Gasteiger partial charge in [0, 0.05) is 31.2 Å². The first-order valence-corrected chi connectivity index (χ1v) is 9.93. The van der Waals surface area contributed by atoms with Gasteiger partial charge in [0.2, 0.25) is 0 Å². The van der Waals surface area contributed by atoms with Crippen LogP contribution in [0.5, 0.6) is 0 Å². The maximum atomic E-state index is 12.6. The van der Waals surface area contributed by atoms with E-state index >= 15 is 0 Å². The molecule has 30 heavy (non-hydrogen) atoms. The number of tetrazole rings is 1. The van der Waals surface area contributed by atoms with E-state index in [-0.39, 0.29) is 5.91 Å². The lowest BCUT2D eigenvalue weighted by Crippen LogP contribution is -2.31. The Morgan fingerprint density at radius 2 is 1.87 bits per heavy atom. The zero-order chi connectivity index (χ0) is 21.3. The standard InChI is InChI=1S/C22H25N7O/c1-14-9-10-29(22-25-27-28(4)26-22)13-20(14)17-5-7-18(8-6-17)24-21(30)19-12-23-11-15(2)16(19)3/h5-8,11-12H,9-10,13H2,1-4H3,(H,24,30). The Balaban J connectivity index is 1.50. The highest BCUT2D eigenvalue weighted by atomic mass is 16.1. The average Bonchev–Trinajstić information content (AvgIpc) is 3.17. The zero-order valence-electron chi connectivity index (χ0n) is 17.7. The van der Waals surface area contributed by atoms with E-state index in [9.17, 15) is 4.79 Å². The topological polar surface area (TPSA) is 88.8 Å². The summed E-state index contributed by atoms with van der Waals surface area (Å²) >= 11 is 0. The van der Waals surface area contributed by atoms with Gasteiger partial charge in [-0.1, -0.05) is 22.8 Å². The third kappa shape index (κ3) is 3.94. The number of benzene rings is 1. The molecule has 0 saturated carbocycles. The maximum absolute atomic E-state index is 12.6. The van der Waals surface area contributed by atoms with Crippen molar-refractivity contribution in [1.29, 1.82) is 0 Å². The Kier molecular flexibility index (Phi) is 5.31. The number of aryl methyl sites for hydroxylation is 2. The van der Waals surface area contributed by atoms with Crippen LogP contribution in [0.25, 0.3) is 5.57 Å². The second-order valence-corrected chi connectivity index (χ2v) is 7.67. The van der Waals surface area contributed by atoms with Gasteiger partial charge in [0.05, 0.1) is 12.6 Å². The van der Waals surface area contributed by atoms with Crippen LogP contribution < -0.4 is 10.2 Å². The number of nitrogens with one attached hydrogen (secondary N) is 1. The molecule has 8 heteroatoms. The molecule has 0 bridgehead atoms. The van der Waals surface area contributed by atoms with Gasteiger partial charge in [-0.25, -0.2) is 0 Å². The average molecular weight is 403 g/mol. The molecule has 0 atom stereocenters. The van der Waals surface area contributed by atoms with Crippen LogP contribution in [0.15, 0.2) is 42.2 Å². The molecule has 4 rings (SSSR count). The molecule has 1 N–H and O–H groups in total. The molecule has 3 aromatic rings. The minimum Gasteiger partial charge on any atom is -0.334 e. The normalized spacial score (nSPS) is 14.2. The van der Waals surface area contributed by atoms with Crippen molar-refractivity contribution >= 4 is 23.1 Å². The summed E-state index contributed by atoms with van der Waals surface area (Å²) in [6.07, 6.45) is 4.32. The van der Waals surface area contributed by atoms with Gasteiger partial charge in [-0.2, -0.15) is 4.80 Å². The molecule has 0 unspecified atom stereocenters. The van der Waals surface area contributed by atoms with E-state index in [0.717, 1.165) is 41.9 Å². The highest BCUT2D eigenvalue weighted by Crippen LogP contribution is 2.29. The first-order valence-electron chi connectivity index (χ1n) is 9.93. The molecule has 154 valence electrons. The number of carbonyl (C=O) groups is 1. The minimum atomic E-state index is -0.149. The van der Waals surface area contributed by atoms with Crippen LogP contribution >= 0.6 is 0 Å². The van der Waals surface area contributed by atoms with Gasteiger partial charge in [-0.05, 0) is 66.8 Å². The molecule has 1 aliphatic rings. The molecule has 0 fully saturated rings. The van der Waals surface area contributed by atoms with Crippen molar-refractivity contribution in [3.05, 3.63) is 64.5 Å². The van der Waals surface area contributed by atoms with Crippen LogP contribution in [0.2, 0.25) is 0 Å². The summed E-state index contributed by atoms with van der Waals surface area (Å²) in [7, 11) is 1.77. The summed E-state index contributed by atoms with van der Waals surface area (Å²) < 4.78 is 0. The molecule has 1 aliphatic heterocycles. The number of hydrogen-bond donors (Lipinski definition) is 1. The Morgan fingerprint density at radius 3 is 2.57 bits per heavy atom. The smallest absolute Gasteiger partial charge is 0.266 e. The molecule has 2 aromatic heterocycles. The minimum absolute atomic E-state index is 0.149. The van der Waals surface area contributed by atoms with Crippen LogP contribution in [0, 0.1) is 13.8 Å². The van der Waals surface area contributed by atoms with Crippen LogP contribution in [-0.4, -0.2) is 44.2 Å².